The first-order valence-corrected chi connectivity index (χ1v) is 12.8. The molecule has 5 N–H and O–H groups in total. The molecule has 0 unspecified atom stereocenters. The summed E-state index contributed by atoms with van der Waals surface area (Å²) in [5, 5.41) is 5.92. The van der Waals surface area contributed by atoms with Gasteiger partial charge in [0.1, 0.15) is 10.7 Å². The molecule has 0 bridgehead atoms. The van der Waals surface area contributed by atoms with Crippen LogP contribution in [0, 0.1) is 0 Å². The van der Waals surface area contributed by atoms with Crippen molar-refractivity contribution in [3.63, 3.8) is 0 Å². The van der Waals surface area contributed by atoms with Gasteiger partial charge in [0.15, 0.2) is 0 Å². The van der Waals surface area contributed by atoms with Gasteiger partial charge in [-0.2, -0.15) is 0 Å². The molecule has 0 aliphatic carbocycles. The molecule has 1 aliphatic rings. The fourth-order valence-corrected chi connectivity index (χ4v) is 4.58. The molecule has 194 valence electrons. The average Bonchev–Trinajstić information content (AvgIpc) is 3.37. The number of carbonyl (C=O) groups excluding carboxylic acids is 3. The summed E-state index contributed by atoms with van der Waals surface area (Å²) >= 11 is 1.05. The summed E-state index contributed by atoms with van der Waals surface area (Å²) in [6.45, 7) is 8.10. The molecule has 0 saturated carbocycles. The van der Waals surface area contributed by atoms with Gasteiger partial charge in [0, 0.05) is 56.9 Å². The highest BCUT2D eigenvalue weighted by molar-refractivity contribution is 8.04. The molecular weight excluding hydrogens is 468 g/mol. The number of methoxy groups -OCH3 is 1. The van der Waals surface area contributed by atoms with Crippen LogP contribution in [0.4, 0.5) is 5.69 Å². The molecule has 0 atom stereocenters. The zero-order valence-corrected chi connectivity index (χ0v) is 21.7. The summed E-state index contributed by atoms with van der Waals surface area (Å²) in [6.07, 6.45) is 3.43. The largest absolute Gasteiger partial charge is 0.392 e. The maximum absolute atomic E-state index is 12.6. The average molecular weight is 507 g/mol. The van der Waals surface area contributed by atoms with Crippen LogP contribution in [0.15, 0.2) is 35.0 Å². The Bertz CT molecular complexity index is 889. The predicted molar refractivity (Wildman–Crippen MR) is 139 cm³/mol. The summed E-state index contributed by atoms with van der Waals surface area (Å²) in [6, 6.07) is 7.04. The molecule has 11 heteroatoms. The van der Waals surface area contributed by atoms with Crippen molar-refractivity contribution in [2.24, 2.45) is 5.73 Å². The van der Waals surface area contributed by atoms with Gasteiger partial charge in [0.05, 0.1) is 6.61 Å². The molecule has 2 rings (SSSR count). The molecule has 1 fully saturated rings. The third-order valence-corrected chi connectivity index (χ3v) is 6.51. The molecule has 3 amide bonds. The maximum Gasteiger partial charge on any atom is 0.270 e. The maximum atomic E-state index is 12.6. The second-order valence-corrected chi connectivity index (χ2v) is 8.97. The Hall–Kier alpha value is -2.76. The highest BCUT2D eigenvalue weighted by atomic mass is 32.2. The highest BCUT2D eigenvalue weighted by Crippen LogP contribution is 2.25. The monoisotopic (exact) mass is 506 g/mol. The lowest BCUT2D eigenvalue weighted by Gasteiger charge is -2.24. The molecule has 10 nitrogen and oxygen atoms in total. The van der Waals surface area contributed by atoms with Crippen molar-refractivity contribution in [1.82, 2.24) is 20.4 Å². The zero-order chi connectivity index (χ0) is 25.6. The summed E-state index contributed by atoms with van der Waals surface area (Å²) < 4.78 is 8.05. The summed E-state index contributed by atoms with van der Waals surface area (Å²) in [7, 11) is 1.54. The van der Waals surface area contributed by atoms with Crippen molar-refractivity contribution in [3.8, 4) is 0 Å². The number of amides is 3. The van der Waals surface area contributed by atoms with Gasteiger partial charge in [-0.05, 0) is 64.0 Å². The van der Waals surface area contributed by atoms with Gasteiger partial charge in [-0.3, -0.25) is 14.4 Å². The van der Waals surface area contributed by atoms with Crippen LogP contribution in [0.5, 0.6) is 0 Å². The number of hydrogen-bond donors (Lipinski definition) is 4. The van der Waals surface area contributed by atoms with Crippen LogP contribution in [0.25, 0.3) is 0 Å². The first-order chi connectivity index (χ1) is 16.9. The summed E-state index contributed by atoms with van der Waals surface area (Å²) in [5.41, 5.74) is 7.20. The fourth-order valence-electron chi connectivity index (χ4n) is 3.67. The first-order valence-electron chi connectivity index (χ1n) is 12.0. The Morgan fingerprint density at radius 3 is 2.57 bits per heavy atom. The molecule has 1 aromatic rings. The number of hydrogen-bond acceptors (Lipinski definition) is 8. The quantitative estimate of drug-likeness (QED) is 0.171. The minimum Gasteiger partial charge on any atom is -0.392 e. The smallest absolute Gasteiger partial charge is 0.270 e. The Kier molecular flexibility index (Phi) is 12.4. The van der Waals surface area contributed by atoms with E-state index < -0.39 is 5.91 Å². The SMILES string of the molecule is CCN(C(C)=O)/C(SNc1cccc(C(=O)NCCCN2CCCC2)c1)=C(\N)C(=O)NCCOC. The Morgan fingerprint density at radius 2 is 1.91 bits per heavy atom. The van der Waals surface area contributed by atoms with E-state index in [1.54, 1.807) is 31.2 Å². The van der Waals surface area contributed by atoms with Gasteiger partial charge in [-0.15, -0.1) is 0 Å². The van der Waals surface area contributed by atoms with Crippen molar-refractivity contribution in [3.05, 3.63) is 40.6 Å². The van der Waals surface area contributed by atoms with E-state index in [2.05, 4.69) is 20.3 Å². The number of carbonyl (C=O) groups is 3. The number of likely N-dealkylation sites (tertiary alicyclic amines) is 1. The number of ether oxygens (including phenoxy) is 1. The van der Waals surface area contributed by atoms with Gasteiger partial charge in [0.25, 0.3) is 11.8 Å². The minimum atomic E-state index is -0.492. The Balaban J connectivity index is 2.01. The van der Waals surface area contributed by atoms with E-state index >= 15 is 0 Å². The van der Waals surface area contributed by atoms with E-state index in [9.17, 15) is 14.4 Å². The van der Waals surface area contributed by atoms with Crippen LogP contribution in [0.2, 0.25) is 0 Å². The molecular formula is C24H38N6O4S. The summed E-state index contributed by atoms with van der Waals surface area (Å²) in [5.74, 6) is -0.883. The van der Waals surface area contributed by atoms with Crippen LogP contribution in [-0.2, 0) is 14.3 Å². The topological polar surface area (TPSA) is 129 Å². The van der Waals surface area contributed by atoms with Crippen LogP contribution in [-0.4, -0.2) is 80.5 Å². The van der Waals surface area contributed by atoms with E-state index in [-0.39, 0.29) is 22.5 Å². The lowest BCUT2D eigenvalue weighted by atomic mass is 10.2. The van der Waals surface area contributed by atoms with E-state index in [0.29, 0.717) is 37.5 Å². The van der Waals surface area contributed by atoms with Crippen LogP contribution in [0.1, 0.15) is 43.5 Å². The van der Waals surface area contributed by atoms with Crippen LogP contribution >= 0.6 is 11.9 Å². The van der Waals surface area contributed by atoms with E-state index in [1.807, 2.05) is 0 Å². The number of nitrogens with one attached hydrogen (secondary N) is 3. The van der Waals surface area contributed by atoms with Crippen molar-refractivity contribution < 1.29 is 19.1 Å². The number of nitrogens with two attached hydrogens (primary N) is 1. The van der Waals surface area contributed by atoms with Gasteiger partial charge < -0.3 is 35.6 Å². The molecule has 1 aliphatic heterocycles. The molecule has 0 spiro atoms. The number of benzene rings is 1. The van der Waals surface area contributed by atoms with Crippen molar-refractivity contribution in [2.45, 2.75) is 33.1 Å². The van der Waals surface area contributed by atoms with Crippen LogP contribution < -0.4 is 21.1 Å². The van der Waals surface area contributed by atoms with E-state index in [1.165, 1.54) is 31.8 Å². The lowest BCUT2D eigenvalue weighted by molar-refractivity contribution is -0.126. The lowest BCUT2D eigenvalue weighted by Crippen LogP contribution is -2.36. The second-order valence-electron chi connectivity index (χ2n) is 8.17. The molecule has 0 radical (unpaired) electrons. The first kappa shape index (κ1) is 28.5. The third-order valence-electron chi connectivity index (χ3n) is 5.53. The zero-order valence-electron chi connectivity index (χ0n) is 20.9. The number of anilines is 1. The van der Waals surface area contributed by atoms with Crippen molar-refractivity contribution in [1.29, 1.82) is 0 Å². The fraction of sp³-hybridized carbons (Fsp3) is 0.542. The number of nitrogens with zero attached hydrogens (tertiary/aromatic N) is 2. The molecule has 35 heavy (non-hydrogen) atoms. The molecule has 1 aromatic carbocycles. The van der Waals surface area contributed by atoms with Crippen molar-refractivity contribution >= 4 is 35.4 Å². The summed E-state index contributed by atoms with van der Waals surface area (Å²) in [4.78, 5) is 41.1. The van der Waals surface area contributed by atoms with Gasteiger partial charge in [-0.1, -0.05) is 6.07 Å². The molecule has 1 heterocycles. The van der Waals surface area contributed by atoms with Crippen molar-refractivity contribution in [2.75, 3.05) is 57.7 Å². The normalized spacial score (nSPS) is 14.3. The highest BCUT2D eigenvalue weighted by Gasteiger charge is 2.21. The number of rotatable bonds is 14. The van der Waals surface area contributed by atoms with Crippen LogP contribution in [0.3, 0.4) is 0 Å². The Morgan fingerprint density at radius 1 is 1.17 bits per heavy atom. The van der Waals surface area contributed by atoms with E-state index in [0.717, 1.165) is 38.0 Å². The van der Waals surface area contributed by atoms with Gasteiger partial charge >= 0.3 is 0 Å². The minimum absolute atomic E-state index is 0.0810. The third kappa shape index (κ3) is 9.42. The molecule has 1 saturated heterocycles. The van der Waals surface area contributed by atoms with Gasteiger partial charge in [0.2, 0.25) is 5.91 Å². The molecule has 0 aromatic heterocycles. The standard InChI is InChI=1S/C24H38N6O4S/c1-4-30(18(2)31)24(21(25)23(33)27-12-16-34-3)35-28-20-10-7-9-19(17-20)22(32)26-11-8-15-29-13-5-6-14-29/h7,9-10,17,28H,4-6,8,11-16,25H2,1-3H3,(H,26,32)(H,27,33)/b24-21+. The predicted octanol–water partition coefficient (Wildman–Crippen LogP) is 1.72. The Labute approximate surface area is 212 Å². The van der Waals surface area contributed by atoms with E-state index in [4.69, 9.17) is 10.5 Å². The second kappa shape index (κ2) is 15.3. The van der Waals surface area contributed by atoms with Gasteiger partial charge in [-0.25, -0.2) is 0 Å².